The maximum atomic E-state index is 12.6. The molecule has 0 saturated carbocycles. The van der Waals surface area contributed by atoms with Crippen molar-refractivity contribution in [2.45, 2.75) is 24.2 Å². The second-order valence-electron chi connectivity index (χ2n) is 7.23. The second-order valence-corrected chi connectivity index (χ2v) is 8.99. The van der Waals surface area contributed by atoms with Crippen LogP contribution in [0, 0.1) is 0 Å². The number of carbonyl (C=O) groups excluding carboxylic acids is 2. The Morgan fingerprint density at radius 3 is 2.45 bits per heavy atom. The molecule has 0 bridgehead atoms. The third kappa shape index (κ3) is 4.97. The molecular weight excluding hydrogens is 422 g/mol. The average Bonchev–Trinajstić information content (AvgIpc) is 3.05. The molecule has 9 nitrogen and oxygen atoms in total. The lowest BCUT2D eigenvalue weighted by Crippen LogP contribution is -2.33. The van der Waals surface area contributed by atoms with Gasteiger partial charge < -0.3 is 19.7 Å². The van der Waals surface area contributed by atoms with Gasteiger partial charge in [-0.05, 0) is 42.8 Å². The average molecular weight is 445 g/mol. The van der Waals surface area contributed by atoms with Gasteiger partial charge in [-0.1, -0.05) is 0 Å². The van der Waals surface area contributed by atoms with Crippen molar-refractivity contribution >= 4 is 33.2 Å². The van der Waals surface area contributed by atoms with Gasteiger partial charge in [-0.3, -0.25) is 9.59 Å². The predicted octanol–water partition coefficient (Wildman–Crippen LogP) is 1.89. The van der Waals surface area contributed by atoms with E-state index in [1.54, 1.807) is 35.2 Å². The monoisotopic (exact) mass is 445 g/mol. The van der Waals surface area contributed by atoms with Gasteiger partial charge in [0.05, 0.1) is 24.7 Å². The summed E-state index contributed by atoms with van der Waals surface area (Å²) >= 11 is 0. The van der Waals surface area contributed by atoms with E-state index in [0.29, 0.717) is 49.8 Å². The zero-order valence-corrected chi connectivity index (χ0v) is 17.6. The first-order chi connectivity index (χ1) is 14.9. The van der Waals surface area contributed by atoms with Crippen molar-refractivity contribution in [1.82, 2.24) is 4.72 Å². The van der Waals surface area contributed by atoms with E-state index in [-0.39, 0.29) is 10.8 Å². The summed E-state index contributed by atoms with van der Waals surface area (Å²) in [6.45, 7) is 1.21. The summed E-state index contributed by atoms with van der Waals surface area (Å²) in [5, 5.41) is 2.64. The molecule has 1 saturated heterocycles. The van der Waals surface area contributed by atoms with Crippen molar-refractivity contribution < 1.29 is 27.5 Å². The Bertz CT molecular complexity index is 1080. The summed E-state index contributed by atoms with van der Waals surface area (Å²) < 4.78 is 38.4. The van der Waals surface area contributed by atoms with Crippen LogP contribution in [0.25, 0.3) is 0 Å². The third-order valence-corrected chi connectivity index (χ3v) is 6.39. The smallest absolute Gasteiger partial charge is 0.241 e. The van der Waals surface area contributed by atoms with Crippen molar-refractivity contribution in [3.8, 4) is 11.5 Å². The fourth-order valence-corrected chi connectivity index (χ4v) is 4.40. The number of hydrogen-bond donors (Lipinski definition) is 2. The van der Waals surface area contributed by atoms with Crippen LogP contribution in [0.5, 0.6) is 11.5 Å². The van der Waals surface area contributed by atoms with Gasteiger partial charge in [0.2, 0.25) is 21.8 Å². The van der Waals surface area contributed by atoms with E-state index in [2.05, 4.69) is 10.0 Å². The van der Waals surface area contributed by atoms with Crippen molar-refractivity contribution in [1.29, 1.82) is 0 Å². The Labute approximate surface area is 180 Å². The second kappa shape index (κ2) is 8.94. The number of ether oxygens (including phenoxy) is 2. The molecule has 2 aliphatic heterocycles. The number of fused-ring (bicyclic) bond motifs is 1. The highest BCUT2D eigenvalue weighted by Gasteiger charge is 2.22. The summed E-state index contributed by atoms with van der Waals surface area (Å²) in [6.07, 6.45) is 2.09. The fraction of sp³-hybridized carbons (Fsp3) is 0.333. The van der Waals surface area contributed by atoms with Crippen molar-refractivity contribution in [3.05, 3.63) is 42.5 Å². The summed E-state index contributed by atoms with van der Waals surface area (Å²) in [5.74, 6) is 0.429. The normalized spacial score (nSPS) is 16.1. The summed E-state index contributed by atoms with van der Waals surface area (Å²) in [5.41, 5.74) is 1.28. The zero-order valence-electron chi connectivity index (χ0n) is 16.8. The molecule has 0 aliphatic carbocycles. The maximum Gasteiger partial charge on any atom is 0.241 e. The third-order valence-electron chi connectivity index (χ3n) is 4.99. The molecule has 0 aromatic heterocycles. The Morgan fingerprint density at radius 2 is 1.74 bits per heavy atom. The van der Waals surface area contributed by atoms with Crippen LogP contribution in [-0.4, -0.2) is 46.5 Å². The summed E-state index contributed by atoms with van der Waals surface area (Å²) in [7, 11) is -3.91. The molecule has 0 spiro atoms. The van der Waals surface area contributed by atoms with Gasteiger partial charge in [0.1, 0.15) is 0 Å². The standard InChI is InChI=1S/C21H23N3O6S/c25-20(23-15-4-6-16(7-5-15)24-10-1-3-21(24)26)14-22-31(27,28)17-8-9-18-19(13-17)30-12-2-11-29-18/h4-9,13,22H,1-3,10-12,14H2,(H,23,25). The van der Waals surface area contributed by atoms with Crippen molar-refractivity contribution in [2.75, 3.05) is 36.5 Å². The van der Waals surface area contributed by atoms with E-state index < -0.39 is 22.5 Å². The van der Waals surface area contributed by atoms with Gasteiger partial charge in [-0.2, -0.15) is 0 Å². The lowest BCUT2D eigenvalue weighted by atomic mass is 10.2. The molecule has 2 N–H and O–H groups in total. The van der Waals surface area contributed by atoms with Gasteiger partial charge >= 0.3 is 0 Å². The van der Waals surface area contributed by atoms with Crippen LogP contribution in [0.1, 0.15) is 19.3 Å². The number of rotatable bonds is 6. The van der Waals surface area contributed by atoms with Gasteiger partial charge in [0, 0.05) is 36.8 Å². The van der Waals surface area contributed by atoms with E-state index in [4.69, 9.17) is 9.47 Å². The van der Waals surface area contributed by atoms with Crippen LogP contribution >= 0.6 is 0 Å². The van der Waals surface area contributed by atoms with Crippen LogP contribution in [0.2, 0.25) is 0 Å². The molecule has 10 heteroatoms. The quantitative estimate of drug-likeness (QED) is 0.702. The van der Waals surface area contributed by atoms with Gasteiger partial charge in [0.15, 0.2) is 11.5 Å². The highest BCUT2D eigenvalue weighted by atomic mass is 32.2. The van der Waals surface area contributed by atoms with E-state index in [1.807, 2.05) is 0 Å². The molecular formula is C21H23N3O6S. The Balaban J connectivity index is 1.35. The van der Waals surface area contributed by atoms with Gasteiger partial charge in [0.25, 0.3) is 0 Å². The highest BCUT2D eigenvalue weighted by molar-refractivity contribution is 7.89. The van der Waals surface area contributed by atoms with Crippen molar-refractivity contribution in [2.24, 2.45) is 0 Å². The van der Waals surface area contributed by atoms with Crippen LogP contribution in [0.15, 0.2) is 47.4 Å². The fourth-order valence-electron chi connectivity index (χ4n) is 3.41. The topological polar surface area (TPSA) is 114 Å². The van der Waals surface area contributed by atoms with E-state index in [1.165, 1.54) is 12.1 Å². The molecule has 1 fully saturated rings. The molecule has 4 rings (SSSR count). The summed E-state index contributed by atoms with van der Waals surface area (Å²) in [6, 6.07) is 11.2. The minimum Gasteiger partial charge on any atom is -0.490 e. The Morgan fingerprint density at radius 1 is 1.00 bits per heavy atom. The lowest BCUT2D eigenvalue weighted by molar-refractivity contribution is -0.117. The molecule has 2 heterocycles. The van der Waals surface area contributed by atoms with Crippen molar-refractivity contribution in [3.63, 3.8) is 0 Å². The van der Waals surface area contributed by atoms with Crippen LogP contribution < -0.4 is 24.4 Å². The van der Waals surface area contributed by atoms with Crippen LogP contribution in [-0.2, 0) is 19.6 Å². The minimum absolute atomic E-state index is 0.0100. The number of sulfonamides is 1. The minimum atomic E-state index is -3.91. The molecule has 2 aromatic carbocycles. The molecule has 164 valence electrons. The number of benzene rings is 2. The number of amides is 2. The molecule has 2 aromatic rings. The van der Waals surface area contributed by atoms with E-state index >= 15 is 0 Å². The number of nitrogens with zero attached hydrogens (tertiary/aromatic N) is 1. The summed E-state index contributed by atoms with van der Waals surface area (Å²) in [4.78, 5) is 25.7. The van der Waals surface area contributed by atoms with E-state index in [0.717, 1.165) is 12.1 Å². The number of carbonyl (C=O) groups is 2. The first-order valence-electron chi connectivity index (χ1n) is 10.0. The maximum absolute atomic E-state index is 12.6. The molecule has 31 heavy (non-hydrogen) atoms. The van der Waals surface area contributed by atoms with Gasteiger partial charge in [-0.25, -0.2) is 13.1 Å². The first kappa shape index (κ1) is 21.1. The first-order valence-corrected chi connectivity index (χ1v) is 11.5. The Hall–Kier alpha value is -3.11. The Kier molecular flexibility index (Phi) is 6.10. The highest BCUT2D eigenvalue weighted by Crippen LogP contribution is 2.31. The molecule has 0 unspecified atom stereocenters. The molecule has 0 radical (unpaired) electrons. The predicted molar refractivity (Wildman–Crippen MR) is 114 cm³/mol. The lowest BCUT2D eigenvalue weighted by Gasteiger charge is -2.16. The SMILES string of the molecule is O=C(CNS(=O)(=O)c1ccc2c(c1)OCCCO2)Nc1ccc(N2CCCC2=O)cc1. The van der Waals surface area contributed by atoms with Gasteiger partial charge in [-0.15, -0.1) is 0 Å². The van der Waals surface area contributed by atoms with Crippen LogP contribution in [0.4, 0.5) is 11.4 Å². The van der Waals surface area contributed by atoms with E-state index in [9.17, 15) is 18.0 Å². The molecule has 2 amide bonds. The zero-order chi connectivity index (χ0) is 21.8. The number of anilines is 2. The largest absolute Gasteiger partial charge is 0.490 e. The number of nitrogens with one attached hydrogen (secondary N) is 2. The molecule has 0 atom stereocenters. The van der Waals surface area contributed by atoms with Crippen LogP contribution in [0.3, 0.4) is 0 Å². The number of hydrogen-bond acceptors (Lipinski definition) is 6. The molecule has 2 aliphatic rings.